The summed E-state index contributed by atoms with van der Waals surface area (Å²) in [5, 5.41) is 3.00. The van der Waals surface area contributed by atoms with Crippen LogP contribution < -0.4 is 10.2 Å². The molecular weight excluding hydrogens is 363 g/mol. The minimum atomic E-state index is -0.461. The number of halogens is 4. The molecule has 0 unspecified atom stereocenters. The van der Waals surface area contributed by atoms with Crippen molar-refractivity contribution < 1.29 is 18.3 Å². The van der Waals surface area contributed by atoms with E-state index in [-0.39, 0.29) is 43.0 Å². The molecule has 5 nitrogen and oxygen atoms in total. The van der Waals surface area contributed by atoms with Crippen LogP contribution in [0.1, 0.15) is 0 Å². The normalized spacial score (nSPS) is 14.0. The molecule has 0 atom stereocenters. The van der Waals surface area contributed by atoms with Gasteiger partial charge in [0.05, 0.1) is 18.8 Å². The molecule has 9 heteroatoms. The number of carbonyl (C=O) groups is 1. The second kappa shape index (κ2) is 11.4. The maximum Gasteiger partial charge on any atom is 0.236 e. The third kappa shape index (κ3) is 6.39. The van der Waals surface area contributed by atoms with E-state index in [9.17, 15) is 13.6 Å². The van der Waals surface area contributed by atoms with Crippen molar-refractivity contribution in [2.24, 2.45) is 0 Å². The fourth-order valence-electron chi connectivity index (χ4n) is 2.41. The summed E-state index contributed by atoms with van der Waals surface area (Å²) < 4.78 is 31.9. The van der Waals surface area contributed by atoms with E-state index in [0.717, 1.165) is 12.1 Å². The molecule has 1 heterocycles. The molecule has 0 aromatic heterocycles. The standard InChI is InChI=1S/C15H21F2N3O2.2ClH/c1-22-9-4-18-11-15(21)20-7-5-19(6-8-20)14-10-12(16)2-3-13(14)17;;/h2-3,10,18H,4-9,11H2,1H3;2*1H. The SMILES string of the molecule is COCCNCC(=O)N1CCN(c2cc(F)ccc2F)CC1.Cl.Cl. The lowest BCUT2D eigenvalue weighted by Crippen LogP contribution is -2.51. The highest BCUT2D eigenvalue weighted by Gasteiger charge is 2.22. The van der Waals surface area contributed by atoms with Gasteiger partial charge in [0.15, 0.2) is 0 Å². The van der Waals surface area contributed by atoms with E-state index in [1.807, 2.05) is 0 Å². The Labute approximate surface area is 153 Å². The van der Waals surface area contributed by atoms with Gasteiger partial charge in [0, 0.05) is 45.9 Å². The average Bonchev–Trinajstić information content (AvgIpc) is 2.54. The highest BCUT2D eigenvalue weighted by Crippen LogP contribution is 2.21. The van der Waals surface area contributed by atoms with Crippen LogP contribution in [-0.4, -0.2) is 63.8 Å². The third-order valence-corrected chi connectivity index (χ3v) is 3.64. The van der Waals surface area contributed by atoms with E-state index in [4.69, 9.17) is 4.74 Å². The summed E-state index contributed by atoms with van der Waals surface area (Å²) in [6, 6.07) is 3.42. The summed E-state index contributed by atoms with van der Waals surface area (Å²) in [6.45, 7) is 3.42. The van der Waals surface area contributed by atoms with E-state index in [1.165, 1.54) is 6.07 Å². The molecule has 1 aliphatic rings. The summed E-state index contributed by atoms with van der Waals surface area (Å²) in [6.07, 6.45) is 0. The lowest BCUT2D eigenvalue weighted by Gasteiger charge is -2.36. The second-order valence-corrected chi connectivity index (χ2v) is 5.13. The Bertz CT molecular complexity index is 515. The highest BCUT2D eigenvalue weighted by atomic mass is 35.5. The van der Waals surface area contributed by atoms with Crippen molar-refractivity contribution in [2.45, 2.75) is 0 Å². The Morgan fingerprint density at radius 3 is 2.50 bits per heavy atom. The van der Waals surface area contributed by atoms with Crippen molar-refractivity contribution >= 4 is 36.4 Å². The minimum absolute atomic E-state index is 0. The van der Waals surface area contributed by atoms with Crippen molar-refractivity contribution in [3.63, 3.8) is 0 Å². The molecular formula is C15H23Cl2F2N3O2. The van der Waals surface area contributed by atoms with Gasteiger partial charge in [0.2, 0.25) is 5.91 Å². The molecule has 24 heavy (non-hydrogen) atoms. The molecule has 1 fully saturated rings. The van der Waals surface area contributed by atoms with Gasteiger partial charge in [-0.15, -0.1) is 24.8 Å². The second-order valence-electron chi connectivity index (χ2n) is 5.13. The lowest BCUT2D eigenvalue weighted by molar-refractivity contribution is -0.130. The highest BCUT2D eigenvalue weighted by molar-refractivity contribution is 5.85. The number of anilines is 1. The number of rotatable bonds is 6. The van der Waals surface area contributed by atoms with E-state index >= 15 is 0 Å². The first-order valence-corrected chi connectivity index (χ1v) is 7.29. The van der Waals surface area contributed by atoms with Crippen LogP contribution in [-0.2, 0) is 9.53 Å². The average molecular weight is 386 g/mol. The van der Waals surface area contributed by atoms with Crippen LogP contribution in [0.4, 0.5) is 14.5 Å². The van der Waals surface area contributed by atoms with Gasteiger partial charge in [-0.05, 0) is 12.1 Å². The van der Waals surface area contributed by atoms with Crippen molar-refractivity contribution in [2.75, 3.05) is 57.9 Å². The molecule has 138 valence electrons. The lowest BCUT2D eigenvalue weighted by atomic mass is 10.2. The zero-order valence-corrected chi connectivity index (χ0v) is 15.1. The smallest absolute Gasteiger partial charge is 0.236 e. The monoisotopic (exact) mass is 385 g/mol. The fraction of sp³-hybridized carbons (Fsp3) is 0.533. The molecule has 1 aliphatic heterocycles. The number of nitrogens with zero attached hydrogens (tertiary/aromatic N) is 2. The number of hydrogen-bond donors (Lipinski definition) is 1. The number of hydrogen-bond acceptors (Lipinski definition) is 4. The largest absolute Gasteiger partial charge is 0.383 e. The molecule has 0 radical (unpaired) electrons. The Morgan fingerprint density at radius 1 is 1.21 bits per heavy atom. The number of carbonyl (C=O) groups excluding carboxylic acids is 1. The van der Waals surface area contributed by atoms with Crippen molar-refractivity contribution in [1.29, 1.82) is 0 Å². The zero-order chi connectivity index (χ0) is 15.9. The van der Waals surface area contributed by atoms with E-state index in [0.29, 0.717) is 39.3 Å². The number of benzene rings is 1. The first kappa shape index (κ1) is 22.9. The number of amides is 1. The van der Waals surface area contributed by atoms with Crippen LogP contribution >= 0.6 is 24.8 Å². The van der Waals surface area contributed by atoms with Gasteiger partial charge >= 0.3 is 0 Å². The van der Waals surface area contributed by atoms with Gasteiger partial charge in [-0.1, -0.05) is 0 Å². The molecule has 0 bridgehead atoms. The van der Waals surface area contributed by atoms with E-state index < -0.39 is 11.6 Å². The van der Waals surface area contributed by atoms with Gasteiger partial charge in [-0.3, -0.25) is 4.79 Å². The Hall–Kier alpha value is -1.15. The van der Waals surface area contributed by atoms with E-state index in [2.05, 4.69) is 5.32 Å². The summed E-state index contributed by atoms with van der Waals surface area (Å²) >= 11 is 0. The van der Waals surface area contributed by atoms with Gasteiger partial charge in [-0.2, -0.15) is 0 Å². The molecule has 1 aromatic rings. The number of nitrogens with one attached hydrogen (secondary N) is 1. The Kier molecular flexibility index (Phi) is 10.9. The van der Waals surface area contributed by atoms with Crippen LogP contribution in [0.3, 0.4) is 0 Å². The summed E-state index contributed by atoms with van der Waals surface area (Å²) in [4.78, 5) is 15.5. The van der Waals surface area contributed by atoms with Gasteiger partial charge in [0.1, 0.15) is 11.6 Å². The zero-order valence-electron chi connectivity index (χ0n) is 13.5. The summed E-state index contributed by atoms with van der Waals surface area (Å²) in [7, 11) is 1.61. The van der Waals surface area contributed by atoms with Crippen LogP contribution in [0, 0.1) is 11.6 Å². The topological polar surface area (TPSA) is 44.8 Å². The summed E-state index contributed by atoms with van der Waals surface area (Å²) in [5.74, 6) is -0.893. The Morgan fingerprint density at radius 2 is 1.88 bits per heavy atom. The molecule has 0 aliphatic carbocycles. The van der Waals surface area contributed by atoms with Crippen LogP contribution in [0.15, 0.2) is 18.2 Å². The maximum absolute atomic E-state index is 13.7. The fourth-order valence-corrected chi connectivity index (χ4v) is 2.41. The Balaban J connectivity index is 0.00000264. The predicted octanol–water partition coefficient (Wildman–Crippen LogP) is 1.69. The van der Waals surface area contributed by atoms with E-state index in [1.54, 1.807) is 16.9 Å². The molecule has 1 amide bonds. The van der Waals surface area contributed by atoms with Gasteiger partial charge < -0.3 is 19.9 Å². The number of ether oxygens (including phenoxy) is 1. The molecule has 0 saturated carbocycles. The quantitative estimate of drug-likeness (QED) is 0.756. The van der Waals surface area contributed by atoms with Gasteiger partial charge in [-0.25, -0.2) is 8.78 Å². The molecule has 0 spiro atoms. The minimum Gasteiger partial charge on any atom is -0.383 e. The van der Waals surface area contributed by atoms with Crippen LogP contribution in [0.2, 0.25) is 0 Å². The summed E-state index contributed by atoms with van der Waals surface area (Å²) in [5.41, 5.74) is 0.255. The van der Waals surface area contributed by atoms with Crippen LogP contribution in [0.5, 0.6) is 0 Å². The number of methoxy groups -OCH3 is 1. The molecule has 1 saturated heterocycles. The number of piperazine rings is 1. The van der Waals surface area contributed by atoms with Crippen LogP contribution in [0.25, 0.3) is 0 Å². The first-order chi connectivity index (χ1) is 10.6. The molecule has 2 rings (SSSR count). The third-order valence-electron chi connectivity index (χ3n) is 3.64. The van der Waals surface area contributed by atoms with Gasteiger partial charge in [0.25, 0.3) is 0 Å². The first-order valence-electron chi connectivity index (χ1n) is 7.29. The van der Waals surface area contributed by atoms with Crippen molar-refractivity contribution in [3.8, 4) is 0 Å². The van der Waals surface area contributed by atoms with Crippen molar-refractivity contribution in [3.05, 3.63) is 29.8 Å². The molecule has 1 aromatic carbocycles. The predicted molar refractivity (Wildman–Crippen MR) is 94.4 cm³/mol. The molecule has 1 N–H and O–H groups in total. The van der Waals surface area contributed by atoms with Crippen molar-refractivity contribution in [1.82, 2.24) is 10.2 Å². The maximum atomic E-state index is 13.7.